The van der Waals surface area contributed by atoms with Gasteiger partial charge in [0, 0.05) is 55.7 Å². The van der Waals surface area contributed by atoms with E-state index in [9.17, 15) is 36.5 Å². The highest BCUT2D eigenvalue weighted by Crippen LogP contribution is 2.38. The number of rotatable bonds is 7. The maximum atomic E-state index is 13.3. The second-order valence-corrected chi connectivity index (χ2v) is 11.5. The van der Waals surface area contributed by atoms with Gasteiger partial charge in [0.05, 0.1) is 34.7 Å². The van der Waals surface area contributed by atoms with E-state index in [4.69, 9.17) is 17.0 Å². The fourth-order valence-electron chi connectivity index (χ4n) is 5.52. The summed E-state index contributed by atoms with van der Waals surface area (Å²) in [6.45, 7) is 2.45. The third-order valence-corrected chi connectivity index (χ3v) is 8.30. The molecule has 2 aliphatic rings. The van der Waals surface area contributed by atoms with Crippen LogP contribution in [0.1, 0.15) is 36.8 Å². The average molecular weight is 669 g/mol. The van der Waals surface area contributed by atoms with Crippen LogP contribution in [-0.4, -0.2) is 58.2 Å². The Kier molecular flexibility index (Phi) is 9.74. The number of hydrogen-bond donors (Lipinski definition) is 2. The van der Waals surface area contributed by atoms with Crippen LogP contribution in [0, 0.1) is 10.1 Å². The molecule has 1 aliphatic heterocycles. The molecule has 16 heteroatoms. The molecule has 5 rings (SSSR count). The monoisotopic (exact) mass is 668 g/mol. The maximum absolute atomic E-state index is 13.3. The van der Waals surface area contributed by atoms with Crippen molar-refractivity contribution in [1.29, 1.82) is 0 Å². The third kappa shape index (κ3) is 8.27. The molecule has 0 bridgehead atoms. The van der Waals surface area contributed by atoms with Crippen molar-refractivity contribution < 1.29 is 36.0 Å². The molecule has 2 fully saturated rings. The lowest BCUT2D eigenvalue weighted by Gasteiger charge is -2.37. The number of anilines is 3. The van der Waals surface area contributed by atoms with Crippen molar-refractivity contribution in [2.24, 2.45) is 0 Å². The zero-order valence-electron chi connectivity index (χ0n) is 24.3. The Balaban J connectivity index is 1.09. The number of nitro groups is 1. The lowest BCUT2D eigenvalue weighted by atomic mass is 9.92. The first kappa shape index (κ1) is 33.0. The highest BCUT2D eigenvalue weighted by Gasteiger charge is 2.38. The quantitative estimate of drug-likeness (QED) is 0.116. The van der Waals surface area contributed by atoms with E-state index in [0.717, 1.165) is 30.0 Å². The molecule has 0 unspecified atom stereocenters. The summed E-state index contributed by atoms with van der Waals surface area (Å²) in [5.74, 6) is 0.598. The van der Waals surface area contributed by atoms with Crippen molar-refractivity contribution >= 4 is 40.1 Å². The fourth-order valence-corrected chi connectivity index (χ4v) is 5.82. The number of nitrogens with one attached hydrogen (secondary N) is 2. The topological polar surface area (TPSA) is 95.8 Å². The number of nitro benzene ring substituents is 1. The number of thiocarbonyl (C=S) groups is 1. The highest BCUT2D eigenvalue weighted by molar-refractivity contribution is 7.80. The largest absolute Gasteiger partial charge is 0.489 e. The predicted octanol–water partition coefficient (Wildman–Crippen LogP) is 7.35. The molecular formula is C30H30F6N6O3S. The first-order chi connectivity index (χ1) is 21.8. The zero-order chi connectivity index (χ0) is 33.1. The molecule has 2 heterocycles. The van der Waals surface area contributed by atoms with Crippen LogP contribution in [0.2, 0.25) is 0 Å². The standard InChI is InChI=1S/C30H30F6N6O3S/c31-29(32,33)19-1-3-21(4-2-19)39-28(46)41-13-11-40(12-14-41)23-16-25(18-37-17-23)45-24-8-5-20(6-9-24)38-22-7-10-27(42(43)44)26(15-22)30(34,35)36/h1-4,7,10,15-18,20,24,38H,5-6,8-9,11-14H2,(H,39,46). The minimum absolute atomic E-state index is 0.108. The summed E-state index contributed by atoms with van der Waals surface area (Å²) in [4.78, 5) is 18.4. The van der Waals surface area contributed by atoms with E-state index in [0.29, 0.717) is 68.4 Å². The summed E-state index contributed by atoms with van der Waals surface area (Å²) >= 11 is 5.48. The van der Waals surface area contributed by atoms with Gasteiger partial charge in [-0.1, -0.05) is 0 Å². The second kappa shape index (κ2) is 13.6. The molecular weight excluding hydrogens is 638 g/mol. The van der Waals surface area contributed by atoms with Crippen molar-refractivity contribution in [3.05, 3.63) is 82.2 Å². The van der Waals surface area contributed by atoms with Gasteiger partial charge in [0.25, 0.3) is 5.69 Å². The van der Waals surface area contributed by atoms with Crippen LogP contribution in [0.5, 0.6) is 5.75 Å². The normalized spacial score (nSPS) is 19.0. The number of alkyl halides is 6. The van der Waals surface area contributed by atoms with Gasteiger partial charge in [-0.15, -0.1) is 0 Å². The molecule has 3 aromatic rings. The molecule has 246 valence electrons. The molecule has 2 aromatic carbocycles. The minimum atomic E-state index is -4.84. The van der Waals surface area contributed by atoms with Crippen molar-refractivity contribution in [2.75, 3.05) is 41.7 Å². The Labute approximate surface area is 265 Å². The van der Waals surface area contributed by atoms with Crippen LogP contribution in [0.25, 0.3) is 0 Å². The molecule has 0 radical (unpaired) electrons. The van der Waals surface area contributed by atoms with E-state index in [1.54, 1.807) is 12.4 Å². The van der Waals surface area contributed by atoms with Gasteiger partial charge in [-0.05, 0) is 74.3 Å². The molecule has 1 aromatic heterocycles. The number of benzene rings is 2. The number of hydrogen-bond acceptors (Lipinski definition) is 7. The van der Waals surface area contributed by atoms with Gasteiger partial charge in [0.1, 0.15) is 11.3 Å². The summed E-state index contributed by atoms with van der Waals surface area (Å²) in [5.41, 5.74) is -1.48. The number of piperazine rings is 1. The van der Waals surface area contributed by atoms with Gasteiger partial charge in [0.2, 0.25) is 0 Å². The van der Waals surface area contributed by atoms with E-state index in [2.05, 4.69) is 20.5 Å². The SMILES string of the molecule is O=[N+]([O-])c1ccc(NC2CCC(Oc3cncc(N4CCN(C(=S)Nc5ccc(C(F)(F)F)cc5)CC4)c3)CC2)cc1C(F)(F)F. The lowest BCUT2D eigenvalue weighted by molar-refractivity contribution is -0.388. The maximum Gasteiger partial charge on any atom is 0.423 e. The summed E-state index contributed by atoms with van der Waals surface area (Å²) in [6, 6.07) is 9.43. The van der Waals surface area contributed by atoms with Crippen LogP contribution in [0.3, 0.4) is 0 Å². The van der Waals surface area contributed by atoms with Crippen molar-refractivity contribution in [2.45, 2.75) is 50.2 Å². The van der Waals surface area contributed by atoms with Gasteiger partial charge >= 0.3 is 12.4 Å². The summed E-state index contributed by atoms with van der Waals surface area (Å²) < 4.78 is 84.7. The van der Waals surface area contributed by atoms with E-state index in [1.165, 1.54) is 18.2 Å². The minimum Gasteiger partial charge on any atom is -0.489 e. The smallest absolute Gasteiger partial charge is 0.423 e. The van der Waals surface area contributed by atoms with Crippen LogP contribution >= 0.6 is 12.2 Å². The second-order valence-electron chi connectivity index (χ2n) is 11.1. The van der Waals surface area contributed by atoms with E-state index >= 15 is 0 Å². The fraction of sp³-hybridized carbons (Fsp3) is 0.400. The Morgan fingerprint density at radius 1 is 0.891 bits per heavy atom. The number of ether oxygens (including phenoxy) is 1. The predicted molar refractivity (Wildman–Crippen MR) is 164 cm³/mol. The number of pyridine rings is 1. The molecule has 1 saturated carbocycles. The van der Waals surface area contributed by atoms with Gasteiger partial charge in [-0.25, -0.2) is 0 Å². The molecule has 1 aliphatic carbocycles. The summed E-state index contributed by atoms with van der Waals surface area (Å²) in [6.07, 6.45) is -3.40. The summed E-state index contributed by atoms with van der Waals surface area (Å²) in [7, 11) is 0. The van der Waals surface area contributed by atoms with Crippen LogP contribution < -0.4 is 20.3 Å². The molecule has 1 saturated heterocycles. The highest BCUT2D eigenvalue weighted by atomic mass is 32.1. The molecule has 2 N–H and O–H groups in total. The van der Waals surface area contributed by atoms with Crippen molar-refractivity contribution in [3.8, 4) is 5.75 Å². The van der Waals surface area contributed by atoms with Crippen LogP contribution in [-0.2, 0) is 12.4 Å². The molecule has 46 heavy (non-hydrogen) atoms. The Morgan fingerprint density at radius 2 is 1.54 bits per heavy atom. The Morgan fingerprint density at radius 3 is 2.15 bits per heavy atom. The molecule has 9 nitrogen and oxygen atoms in total. The van der Waals surface area contributed by atoms with E-state index in [1.807, 2.05) is 11.0 Å². The van der Waals surface area contributed by atoms with Gasteiger partial charge in [-0.2, -0.15) is 26.3 Å². The van der Waals surface area contributed by atoms with Crippen molar-refractivity contribution in [3.63, 3.8) is 0 Å². The number of nitrogens with zero attached hydrogens (tertiary/aromatic N) is 4. The van der Waals surface area contributed by atoms with Crippen LogP contribution in [0.4, 0.5) is 49.1 Å². The van der Waals surface area contributed by atoms with Crippen molar-refractivity contribution in [1.82, 2.24) is 9.88 Å². The summed E-state index contributed by atoms with van der Waals surface area (Å²) in [5, 5.41) is 17.5. The Hall–Kier alpha value is -4.34. The van der Waals surface area contributed by atoms with Gasteiger partial charge in [0.15, 0.2) is 5.11 Å². The zero-order valence-corrected chi connectivity index (χ0v) is 25.1. The average Bonchev–Trinajstić information content (AvgIpc) is 3.01. The Bertz CT molecular complexity index is 1540. The third-order valence-electron chi connectivity index (χ3n) is 7.94. The van der Waals surface area contributed by atoms with E-state index < -0.39 is 34.1 Å². The lowest BCUT2D eigenvalue weighted by Crippen LogP contribution is -2.50. The van der Waals surface area contributed by atoms with E-state index in [-0.39, 0.29) is 17.8 Å². The first-order valence-corrected chi connectivity index (χ1v) is 14.9. The molecule has 0 amide bonds. The van der Waals surface area contributed by atoms with Crippen LogP contribution in [0.15, 0.2) is 60.9 Å². The van der Waals surface area contributed by atoms with Gasteiger partial charge < -0.3 is 25.2 Å². The first-order valence-electron chi connectivity index (χ1n) is 14.5. The molecule has 0 atom stereocenters. The number of halogens is 6. The molecule has 0 spiro atoms. The number of aromatic nitrogens is 1. The van der Waals surface area contributed by atoms with Gasteiger partial charge in [-0.3, -0.25) is 15.1 Å².